The van der Waals surface area contributed by atoms with Crippen molar-refractivity contribution in [2.24, 2.45) is 0 Å². The first-order chi connectivity index (χ1) is 14.0. The molecule has 1 unspecified atom stereocenters. The standard InChI is InChI=1S/C21H29N3O3S2/c1-2-6-21(25)23-18-7-9-19(10-8-18)29(26,27)22-15-20(17-11-14-28-16-17)24-12-4-3-5-13-24/h7-11,14,16,20,22H,2-6,12-13,15H2,1H3,(H,23,25). The van der Waals surface area contributed by atoms with Crippen molar-refractivity contribution in [3.63, 3.8) is 0 Å². The van der Waals surface area contributed by atoms with E-state index in [1.54, 1.807) is 23.5 Å². The molecule has 3 rings (SSSR count). The second kappa shape index (κ2) is 10.3. The Kier molecular flexibility index (Phi) is 7.83. The lowest BCUT2D eigenvalue weighted by Crippen LogP contribution is -2.40. The predicted octanol–water partition coefficient (Wildman–Crippen LogP) is 3.99. The van der Waals surface area contributed by atoms with Gasteiger partial charge in [0.1, 0.15) is 0 Å². The molecule has 1 aliphatic heterocycles. The predicted molar refractivity (Wildman–Crippen MR) is 118 cm³/mol. The molecule has 1 aromatic heterocycles. The number of rotatable bonds is 9. The number of benzene rings is 1. The van der Waals surface area contributed by atoms with Gasteiger partial charge in [0.15, 0.2) is 0 Å². The number of carbonyl (C=O) groups is 1. The van der Waals surface area contributed by atoms with E-state index in [4.69, 9.17) is 0 Å². The minimum atomic E-state index is -3.63. The molecule has 2 aromatic rings. The SMILES string of the molecule is CCCC(=O)Nc1ccc(S(=O)(=O)NCC(c2ccsc2)N2CCCCC2)cc1. The average molecular weight is 436 g/mol. The van der Waals surface area contributed by atoms with E-state index in [1.807, 2.05) is 12.3 Å². The summed E-state index contributed by atoms with van der Waals surface area (Å²) >= 11 is 1.63. The summed E-state index contributed by atoms with van der Waals surface area (Å²) in [4.78, 5) is 14.3. The van der Waals surface area contributed by atoms with Crippen LogP contribution in [-0.2, 0) is 14.8 Å². The zero-order valence-corrected chi connectivity index (χ0v) is 18.4. The maximum absolute atomic E-state index is 12.8. The summed E-state index contributed by atoms with van der Waals surface area (Å²) in [7, 11) is -3.63. The van der Waals surface area contributed by atoms with Crippen LogP contribution in [0.3, 0.4) is 0 Å². The van der Waals surface area contributed by atoms with Crippen molar-refractivity contribution in [3.8, 4) is 0 Å². The number of anilines is 1. The van der Waals surface area contributed by atoms with Gasteiger partial charge in [-0.1, -0.05) is 13.3 Å². The van der Waals surface area contributed by atoms with Crippen LogP contribution in [0.15, 0.2) is 46.0 Å². The zero-order chi connectivity index (χ0) is 20.7. The van der Waals surface area contributed by atoms with Gasteiger partial charge in [-0.25, -0.2) is 13.1 Å². The fraction of sp³-hybridized carbons (Fsp3) is 0.476. The molecule has 1 saturated heterocycles. The quantitative estimate of drug-likeness (QED) is 0.624. The molecule has 2 heterocycles. The van der Waals surface area contributed by atoms with Gasteiger partial charge < -0.3 is 5.32 Å². The number of nitrogens with one attached hydrogen (secondary N) is 2. The lowest BCUT2D eigenvalue weighted by Gasteiger charge is -2.34. The molecule has 0 spiro atoms. The minimum absolute atomic E-state index is 0.0453. The number of nitrogens with zero attached hydrogens (tertiary/aromatic N) is 1. The fourth-order valence-corrected chi connectivity index (χ4v) is 5.34. The van der Waals surface area contributed by atoms with Gasteiger partial charge in [-0.15, -0.1) is 0 Å². The van der Waals surface area contributed by atoms with E-state index in [2.05, 4.69) is 26.4 Å². The summed E-state index contributed by atoms with van der Waals surface area (Å²) in [5.74, 6) is -0.0682. The number of thiophene rings is 1. The molecule has 158 valence electrons. The molecular weight excluding hydrogens is 406 g/mol. The Morgan fingerprint density at radius 3 is 2.48 bits per heavy atom. The largest absolute Gasteiger partial charge is 0.326 e. The third-order valence-electron chi connectivity index (χ3n) is 5.15. The smallest absolute Gasteiger partial charge is 0.240 e. The van der Waals surface area contributed by atoms with E-state index in [0.717, 1.165) is 37.9 Å². The molecule has 0 radical (unpaired) electrons. The number of sulfonamides is 1. The van der Waals surface area contributed by atoms with Gasteiger partial charge in [0.05, 0.1) is 4.90 Å². The van der Waals surface area contributed by atoms with Gasteiger partial charge in [0.2, 0.25) is 15.9 Å². The average Bonchev–Trinajstić information content (AvgIpc) is 3.24. The summed E-state index contributed by atoms with van der Waals surface area (Å²) in [5, 5.41) is 6.91. The maximum atomic E-state index is 12.8. The number of amides is 1. The van der Waals surface area contributed by atoms with Gasteiger partial charge in [-0.2, -0.15) is 11.3 Å². The molecule has 1 fully saturated rings. The van der Waals surface area contributed by atoms with Crippen molar-refractivity contribution in [1.29, 1.82) is 0 Å². The molecule has 29 heavy (non-hydrogen) atoms. The van der Waals surface area contributed by atoms with Crippen molar-refractivity contribution >= 4 is 33.0 Å². The van der Waals surface area contributed by atoms with Gasteiger partial charge in [0.25, 0.3) is 0 Å². The number of hydrogen-bond acceptors (Lipinski definition) is 5. The highest BCUT2D eigenvalue weighted by atomic mass is 32.2. The molecule has 1 amide bonds. The molecular formula is C21H29N3O3S2. The van der Waals surface area contributed by atoms with Crippen LogP contribution in [0.25, 0.3) is 0 Å². The van der Waals surface area contributed by atoms with Crippen molar-refractivity contribution in [2.75, 3.05) is 25.0 Å². The first kappa shape index (κ1) is 22.0. The van der Waals surface area contributed by atoms with E-state index in [-0.39, 0.29) is 16.8 Å². The van der Waals surface area contributed by atoms with Crippen LogP contribution < -0.4 is 10.0 Å². The summed E-state index contributed by atoms with van der Waals surface area (Å²) in [5.41, 5.74) is 1.76. The molecule has 2 N–H and O–H groups in total. The van der Waals surface area contributed by atoms with E-state index < -0.39 is 10.0 Å². The maximum Gasteiger partial charge on any atom is 0.240 e. The molecule has 1 atom stereocenters. The summed E-state index contributed by atoms with van der Waals surface area (Å²) < 4.78 is 28.4. The molecule has 8 heteroatoms. The molecule has 6 nitrogen and oxygen atoms in total. The van der Waals surface area contributed by atoms with Crippen molar-refractivity contribution in [2.45, 2.75) is 50.0 Å². The van der Waals surface area contributed by atoms with Gasteiger partial charge in [-0.05, 0) is 79.0 Å². The highest BCUT2D eigenvalue weighted by Gasteiger charge is 2.25. The van der Waals surface area contributed by atoms with Crippen molar-refractivity contribution in [1.82, 2.24) is 9.62 Å². The number of likely N-dealkylation sites (tertiary alicyclic amines) is 1. The Balaban J connectivity index is 1.66. The molecule has 1 aromatic carbocycles. The monoisotopic (exact) mass is 435 g/mol. The highest BCUT2D eigenvalue weighted by Crippen LogP contribution is 2.26. The van der Waals surface area contributed by atoms with Crippen molar-refractivity contribution < 1.29 is 13.2 Å². The van der Waals surface area contributed by atoms with E-state index in [0.29, 0.717) is 18.7 Å². The highest BCUT2D eigenvalue weighted by molar-refractivity contribution is 7.89. The lowest BCUT2D eigenvalue weighted by atomic mass is 10.0. The van der Waals surface area contributed by atoms with E-state index >= 15 is 0 Å². The lowest BCUT2D eigenvalue weighted by molar-refractivity contribution is -0.116. The molecule has 0 saturated carbocycles. The third-order valence-corrected chi connectivity index (χ3v) is 7.29. The normalized spacial score (nSPS) is 16.4. The van der Waals surface area contributed by atoms with E-state index in [9.17, 15) is 13.2 Å². The van der Waals surface area contributed by atoms with Gasteiger partial charge >= 0.3 is 0 Å². The molecule has 1 aliphatic rings. The minimum Gasteiger partial charge on any atom is -0.326 e. The fourth-order valence-electron chi connectivity index (χ4n) is 3.59. The zero-order valence-electron chi connectivity index (χ0n) is 16.8. The number of carbonyl (C=O) groups excluding carboxylic acids is 1. The van der Waals surface area contributed by atoms with Crippen LogP contribution in [0.2, 0.25) is 0 Å². The Morgan fingerprint density at radius 2 is 1.86 bits per heavy atom. The van der Waals surface area contributed by atoms with Crippen LogP contribution in [0.1, 0.15) is 50.6 Å². The summed E-state index contributed by atoms with van der Waals surface area (Å²) in [6, 6.07) is 8.44. The molecule has 0 aliphatic carbocycles. The summed E-state index contributed by atoms with van der Waals surface area (Å²) in [6.45, 7) is 4.27. The Bertz CT molecular complexity index is 874. The third kappa shape index (κ3) is 6.12. The summed E-state index contributed by atoms with van der Waals surface area (Å²) in [6.07, 6.45) is 4.75. The Hall–Kier alpha value is -1.74. The second-order valence-corrected chi connectivity index (χ2v) is 9.89. The van der Waals surface area contributed by atoms with Crippen molar-refractivity contribution in [3.05, 3.63) is 46.7 Å². The van der Waals surface area contributed by atoms with Crippen LogP contribution in [0.5, 0.6) is 0 Å². The van der Waals surface area contributed by atoms with Gasteiger partial charge in [-0.3, -0.25) is 9.69 Å². The van der Waals surface area contributed by atoms with E-state index in [1.165, 1.54) is 18.6 Å². The topological polar surface area (TPSA) is 78.5 Å². The Morgan fingerprint density at radius 1 is 1.14 bits per heavy atom. The van der Waals surface area contributed by atoms with Gasteiger partial charge in [0, 0.05) is 24.7 Å². The Labute approximate surface area is 177 Å². The van der Waals surface area contributed by atoms with Crippen LogP contribution >= 0.6 is 11.3 Å². The number of piperidine rings is 1. The first-order valence-electron chi connectivity index (χ1n) is 10.2. The molecule has 0 bridgehead atoms. The van der Waals surface area contributed by atoms with Crippen LogP contribution in [-0.4, -0.2) is 38.9 Å². The number of hydrogen-bond donors (Lipinski definition) is 2. The van der Waals surface area contributed by atoms with Crippen LogP contribution in [0.4, 0.5) is 5.69 Å². The second-order valence-electron chi connectivity index (χ2n) is 7.34. The first-order valence-corrected chi connectivity index (χ1v) is 12.6. The van der Waals surface area contributed by atoms with Crippen LogP contribution in [0, 0.1) is 0 Å².